The number of hydrogen-bond acceptors (Lipinski definition) is 2. The van der Waals surface area contributed by atoms with E-state index in [4.69, 9.17) is 4.74 Å². The molecule has 0 saturated carbocycles. The second kappa shape index (κ2) is 2.20. The van der Waals surface area contributed by atoms with Crippen molar-refractivity contribution in [2.24, 2.45) is 11.8 Å². The number of allylic oxidation sites excluding steroid dienone is 1. The molecule has 1 aliphatic heterocycles. The molecule has 2 unspecified atom stereocenters. The van der Waals surface area contributed by atoms with Crippen LogP contribution in [0.25, 0.3) is 0 Å². The van der Waals surface area contributed by atoms with Crippen molar-refractivity contribution in [3.05, 3.63) is 11.6 Å². The molecule has 2 aliphatic rings. The maximum atomic E-state index is 10.4. The van der Waals surface area contributed by atoms with Crippen LogP contribution in [-0.2, 0) is 9.53 Å². The van der Waals surface area contributed by atoms with E-state index < -0.39 is 0 Å². The van der Waals surface area contributed by atoms with Crippen molar-refractivity contribution in [1.29, 1.82) is 0 Å². The number of fused-ring (bicyclic) bond motifs is 1. The molecular weight excluding hydrogens is 128 g/mol. The van der Waals surface area contributed by atoms with Crippen molar-refractivity contribution < 1.29 is 9.53 Å². The Hall–Kier alpha value is -0.630. The van der Waals surface area contributed by atoms with Gasteiger partial charge in [0, 0.05) is 5.92 Å². The van der Waals surface area contributed by atoms with E-state index in [2.05, 4.69) is 0 Å². The summed E-state index contributed by atoms with van der Waals surface area (Å²) in [4.78, 5) is 10.4. The minimum Gasteiger partial charge on any atom is -0.380 e. The predicted octanol–water partition coefficient (Wildman–Crippen LogP) is 0.778. The van der Waals surface area contributed by atoms with Crippen LogP contribution in [0.15, 0.2) is 11.6 Å². The molecule has 0 aromatic rings. The van der Waals surface area contributed by atoms with Gasteiger partial charge in [0.1, 0.15) is 6.29 Å². The highest BCUT2D eigenvalue weighted by Crippen LogP contribution is 2.35. The highest BCUT2D eigenvalue weighted by atomic mass is 16.5. The maximum absolute atomic E-state index is 10.4. The van der Waals surface area contributed by atoms with Gasteiger partial charge >= 0.3 is 0 Å². The normalized spacial score (nSPS) is 37.4. The van der Waals surface area contributed by atoms with Crippen molar-refractivity contribution in [1.82, 2.24) is 0 Å². The maximum Gasteiger partial charge on any atom is 0.146 e. The molecular formula is C8H10O2. The van der Waals surface area contributed by atoms with Crippen molar-refractivity contribution >= 4 is 6.29 Å². The number of carbonyl (C=O) groups is 1. The predicted molar refractivity (Wildman–Crippen MR) is 36.6 cm³/mol. The van der Waals surface area contributed by atoms with E-state index >= 15 is 0 Å². The average Bonchev–Trinajstić information content (AvgIpc) is 2.44. The molecule has 1 saturated heterocycles. The zero-order chi connectivity index (χ0) is 6.97. The summed E-state index contributed by atoms with van der Waals surface area (Å²) in [5.74, 6) is 1.04. The van der Waals surface area contributed by atoms with Gasteiger partial charge in [-0.15, -0.1) is 0 Å². The average molecular weight is 138 g/mol. The quantitative estimate of drug-likeness (QED) is 0.500. The molecule has 0 bridgehead atoms. The van der Waals surface area contributed by atoms with Crippen molar-refractivity contribution in [2.45, 2.75) is 6.42 Å². The summed E-state index contributed by atoms with van der Waals surface area (Å²) in [6, 6.07) is 0. The van der Waals surface area contributed by atoms with Gasteiger partial charge in [0.05, 0.1) is 13.2 Å². The summed E-state index contributed by atoms with van der Waals surface area (Å²) in [5, 5.41) is 0. The Morgan fingerprint density at radius 3 is 3.30 bits per heavy atom. The minimum absolute atomic E-state index is 0.428. The van der Waals surface area contributed by atoms with E-state index in [1.54, 1.807) is 0 Å². The zero-order valence-electron chi connectivity index (χ0n) is 5.75. The number of carbonyl (C=O) groups excluding carboxylic acids is 1. The Bertz CT molecular complexity index is 184. The largest absolute Gasteiger partial charge is 0.380 e. The number of rotatable bonds is 1. The number of aldehydes is 1. The Labute approximate surface area is 59.9 Å². The van der Waals surface area contributed by atoms with Crippen molar-refractivity contribution in [3.8, 4) is 0 Å². The Morgan fingerprint density at radius 1 is 1.60 bits per heavy atom. The van der Waals surface area contributed by atoms with E-state index in [-0.39, 0.29) is 0 Å². The first-order chi connectivity index (χ1) is 4.92. The van der Waals surface area contributed by atoms with Crippen LogP contribution in [0.1, 0.15) is 6.42 Å². The van der Waals surface area contributed by atoms with Crippen LogP contribution >= 0.6 is 0 Å². The standard InChI is InChI=1S/C8H10O2/c9-3-6-1-2-7-4-10-5-8(6)7/h1,3,7-8H,2,4-5H2. The number of ether oxygens (including phenoxy) is 1. The van der Waals surface area contributed by atoms with Crippen LogP contribution in [0.4, 0.5) is 0 Å². The lowest BCUT2D eigenvalue weighted by molar-refractivity contribution is -0.105. The van der Waals surface area contributed by atoms with Gasteiger partial charge in [-0.05, 0) is 17.9 Å². The minimum atomic E-state index is 0.428. The molecule has 0 aromatic heterocycles. The first-order valence-corrected chi connectivity index (χ1v) is 3.65. The highest BCUT2D eigenvalue weighted by Gasteiger charge is 2.34. The Balaban J connectivity index is 2.17. The molecule has 0 amide bonds. The smallest absolute Gasteiger partial charge is 0.146 e. The molecule has 0 aromatic carbocycles. The highest BCUT2D eigenvalue weighted by molar-refractivity contribution is 5.75. The van der Waals surface area contributed by atoms with Crippen molar-refractivity contribution in [2.75, 3.05) is 13.2 Å². The van der Waals surface area contributed by atoms with Crippen LogP contribution in [0.2, 0.25) is 0 Å². The third-order valence-corrected chi connectivity index (χ3v) is 2.42. The summed E-state index contributed by atoms with van der Waals surface area (Å²) < 4.78 is 5.24. The first kappa shape index (κ1) is 6.10. The summed E-state index contributed by atoms with van der Waals surface area (Å²) in [7, 11) is 0. The van der Waals surface area contributed by atoms with Gasteiger partial charge < -0.3 is 4.74 Å². The third-order valence-electron chi connectivity index (χ3n) is 2.42. The SMILES string of the molecule is O=CC1=CCC2COCC12. The fourth-order valence-electron chi connectivity index (χ4n) is 1.77. The van der Waals surface area contributed by atoms with Gasteiger partial charge in [0.15, 0.2) is 0 Å². The molecule has 1 aliphatic carbocycles. The molecule has 2 atom stereocenters. The molecule has 2 rings (SSSR count). The second-order valence-electron chi connectivity index (χ2n) is 2.96. The molecule has 1 fully saturated rings. The van der Waals surface area contributed by atoms with E-state index in [0.29, 0.717) is 11.8 Å². The summed E-state index contributed by atoms with van der Waals surface area (Å²) in [6.45, 7) is 1.60. The van der Waals surface area contributed by atoms with Gasteiger partial charge in [0.25, 0.3) is 0 Å². The van der Waals surface area contributed by atoms with Gasteiger partial charge in [-0.1, -0.05) is 6.08 Å². The molecule has 0 N–H and O–H groups in total. The molecule has 2 nitrogen and oxygen atoms in total. The topological polar surface area (TPSA) is 26.3 Å². The molecule has 0 spiro atoms. The van der Waals surface area contributed by atoms with Gasteiger partial charge in [-0.3, -0.25) is 4.79 Å². The number of hydrogen-bond donors (Lipinski definition) is 0. The fraction of sp³-hybridized carbons (Fsp3) is 0.625. The molecule has 2 heteroatoms. The van der Waals surface area contributed by atoms with E-state index in [1.807, 2.05) is 6.08 Å². The van der Waals surface area contributed by atoms with Crippen LogP contribution in [0.5, 0.6) is 0 Å². The lowest BCUT2D eigenvalue weighted by atomic mass is 9.96. The van der Waals surface area contributed by atoms with Crippen LogP contribution in [0, 0.1) is 11.8 Å². The summed E-state index contributed by atoms with van der Waals surface area (Å²) in [6.07, 6.45) is 4.06. The molecule has 54 valence electrons. The van der Waals surface area contributed by atoms with E-state index in [9.17, 15) is 4.79 Å². The van der Waals surface area contributed by atoms with Gasteiger partial charge in [-0.25, -0.2) is 0 Å². The van der Waals surface area contributed by atoms with E-state index in [1.165, 1.54) is 0 Å². The van der Waals surface area contributed by atoms with E-state index in [0.717, 1.165) is 31.5 Å². The lowest BCUT2D eigenvalue weighted by Gasteiger charge is -2.05. The summed E-state index contributed by atoms with van der Waals surface area (Å²) in [5.41, 5.74) is 0.961. The molecule has 0 radical (unpaired) electrons. The Kier molecular flexibility index (Phi) is 1.34. The van der Waals surface area contributed by atoms with Gasteiger partial charge in [0.2, 0.25) is 0 Å². The summed E-state index contributed by atoms with van der Waals surface area (Å²) >= 11 is 0. The third kappa shape index (κ3) is 0.721. The van der Waals surface area contributed by atoms with Crippen molar-refractivity contribution in [3.63, 3.8) is 0 Å². The second-order valence-corrected chi connectivity index (χ2v) is 2.96. The Morgan fingerprint density at radius 2 is 2.50 bits per heavy atom. The molecule has 10 heavy (non-hydrogen) atoms. The first-order valence-electron chi connectivity index (χ1n) is 3.65. The van der Waals surface area contributed by atoms with Crippen LogP contribution in [0.3, 0.4) is 0 Å². The fourth-order valence-corrected chi connectivity index (χ4v) is 1.77. The monoisotopic (exact) mass is 138 g/mol. The van der Waals surface area contributed by atoms with Crippen LogP contribution in [-0.4, -0.2) is 19.5 Å². The lowest BCUT2D eigenvalue weighted by Crippen LogP contribution is -2.08. The molecule has 1 heterocycles. The van der Waals surface area contributed by atoms with Crippen LogP contribution < -0.4 is 0 Å². The van der Waals surface area contributed by atoms with Gasteiger partial charge in [-0.2, -0.15) is 0 Å². The zero-order valence-corrected chi connectivity index (χ0v) is 5.75.